The highest BCUT2D eigenvalue weighted by Crippen LogP contribution is 2.21. The molecule has 0 aromatic heterocycles. The fourth-order valence-electron chi connectivity index (χ4n) is 1.94. The van der Waals surface area contributed by atoms with Gasteiger partial charge in [0.1, 0.15) is 0 Å². The van der Waals surface area contributed by atoms with Gasteiger partial charge in [0.15, 0.2) is 0 Å². The van der Waals surface area contributed by atoms with Crippen LogP contribution in [-0.2, 0) is 4.74 Å². The van der Waals surface area contributed by atoms with E-state index in [4.69, 9.17) is 4.74 Å². The first-order valence-electron chi connectivity index (χ1n) is 6.75. The average Bonchev–Trinajstić information content (AvgIpc) is 2.38. The summed E-state index contributed by atoms with van der Waals surface area (Å²) < 4.78 is 6.79. The molecular weight excluding hydrogens is 290 g/mol. The van der Waals surface area contributed by atoms with Gasteiger partial charge in [-0.2, -0.15) is 0 Å². The summed E-state index contributed by atoms with van der Waals surface area (Å²) >= 11 is 3.47. The quantitative estimate of drug-likeness (QED) is 0.697. The zero-order valence-corrected chi connectivity index (χ0v) is 13.0. The number of hydrogen-bond donors (Lipinski definition) is 1. The van der Waals surface area contributed by atoms with Gasteiger partial charge in [-0.15, -0.1) is 0 Å². The molecule has 1 rings (SSSR count). The van der Waals surface area contributed by atoms with Crippen LogP contribution in [0.5, 0.6) is 0 Å². The molecule has 0 heterocycles. The van der Waals surface area contributed by atoms with Gasteiger partial charge >= 0.3 is 0 Å². The maximum Gasteiger partial charge on any atom is 0.0472 e. The van der Waals surface area contributed by atoms with Crippen molar-refractivity contribution < 1.29 is 4.74 Å². The van der Waals surface area contributed by atoms with Crippen LogP contribution in [0.2, 0.25) is 0 Å². The molecule has 0 saturated heterocycles. The van der Waals surface area contributed by atoms with Gasteiger partial charge in [-0.3, -0.25) is 0 Å². The number of benzene rings is 1. The first kappa shape index (κ1) is 15.7. The fraction of sp³-hybridized carbons (Fsp3) is 0.600. The second-order valence-electron chi connectivity index (χ2n) is 4.56. The lowest BCUT2D eigenvalue weighted by Crippen LogP contribution is -2.18. The Balaban J connectivity index is 2.41. The third kappa shape index (κ3) is 5.98. The van der Waals surface area contributed by atoms with Crippen LogP contribution in [0.25, 0.3) is 0 Å². The van der Waals surface area contributed by atoms with Crippen molar-refractivity contribution in [1.29, 1.82) is 0 Å². The molecule has 0 aliphatic rings. The Morgan fingerprint density at radius 3 is 2.56 bits per heavy atom. The minimum atomic E-state index is 0.532. The second kappa shape index (κ2) is 9.54. The minimum absolute atomic E-state index is 0.532. The summed E-state index contributed by atoms with van der Waals surface area (Å²) in [6.07, 6.45) is 3.44. The Bertz CT molecular complexity index is 313. The van der Waals surface area contributed by atoms with E-state index in [0.717, 1.165) is 37.1 Å². The Morgan fingerprint density at radius 1 is 1.22 bits per heavy atom. The van der Waals surface area contributed by atoms with Crippen LogP contribution in [0.3, 0.4) is 0 Å². The summed E-state index contributed by atoms with van der Waals surface area (Å²) in [6.45, 7) is 4.93. The second-order valence-corrected chi connectivity index (χ2v) is 5.48. The molecule has 0 saturated carbocycles. The van der Waals surface area contributed by atoms with Gasteiger partial charge in [0.2, 0.25) is 0 Å². The molecule has 102 valence electrons. The summed E-state index contributed by atoms with van der Waals surface area (Å²) in [5.74, 6) is 0.532. The SMILES string of the molecule is CCCCOCCC(CNC)c1ccc(Br)cc1. The van der Waals surface area contributed by atoms with Gasteiger partial charge in [-0.25, -0.2) is 0 Å². The number of ether oxygens (including phenoxy) is 1. The maximum absolute atomic E-state index is 5.66. The molecule has 0 aliphatic carbocycles. The molecule has 2 nitrogen and oxygen atoms in total. The molecule has 1 atom stereocenters. The average molecular weight is 314 g/mol. The van der Waals surface area contributed by atoms with Crippen LogP contribution in [0.1, 0.15) is 37.7 Å². The van der Waals surface area contributed by atoms with Crippen LogP contribution in [0.15, 0.2) is 28.7 Å². The van der Waals surface area contributed by atoms with Crippen LogP contribution in [0.4, 0.5) is 0 Å². The van der Waals surface area contributed by atoms with Crippen molar-refractivity contribution in [1.82, 2.24) is 5.32 Å². The molecule has 1 aromatic rings. The van der Waals surface area contributed by atoms with E-state index in [-0.39, 0.29) is 0 Å². The number of rotatable bonds is 9. The fourth-order valence-corrected chi connectivity index (χ4v) is 2.21. The molecule has 0 fully saturated rings. The molecule has 0 aliphatic heterocycles. The van der Waals surface area contributed by atoms with E-state index in [0.29, 0.717) is 5.92 Å². The number of halogens is 1. The molecule has 1 N–H and O–H groups in total. The van der Waals surface area contributed by atoms with E-state index < -0.39 is 0 Å². The summed E-state index contributed by atoms with van der Waals surface area (Å²) in [7, 11) is 2.00. The Labute approximate surface area is 119 Å². The van der Waals surface area contributed by atoms with Crippen LogP contribution in [-0.4, -0.2) is 26.8 Å². The first-order chi connectivity index (χ1) is 8.77. The number of nitrogens with one attached hydrogen (secondary N) is 1. The monoisotopic (exact) mass is 313 g/mol. The summed E-state index contributed by atoms with van der Waals surface area (Å²) in [6, 6.07) is 8.60. The molecule has 1 unspecified atom stereocenters. The highest BCUT2D eigenvalue weighted by Gasteiger charge is 2.10. The first-order valence-corrected chi connectivity index (χ1v) is 7.55. The lowest BCUT2D eigenvalue weighted by molar-refractivity contribution is 0.124. The highest BCUT2D eigenvalue weighted by molar-refractivity contribution is 9.10. The Kier molecular flexibility index (Phi) is 8.31. The summed E-state index contributed by atoms with van der Waals surface area (Å²) in [5.41, 5.74) is 1.38. The number of hydrogen-bond acceptors (Lipinski definition) is 2. The molecule has 0 bridgehead atoms. The van der Waals surface area contributed by atoms with E-state index in [1.165, 1.54) is 12.0 Å². The standard InChI is InChI=1S/C15H24BrNO/c1-3-4-10-18-11-9-14(12-17-2)13-5-7-15(16)8-6-13/h5-8,14,17H,3-4,9-12H2,1-2H3. The molecule has 0 radical (unpaired) electrons. The van der Waals surface area contributed by atoms with Crippen molar-refractivity contribution in [3.63, 3.8) is 0 Å². The van der Waals surface area contributed by atoms with E-state index in [2.05, 4.69) is 52.4 Å². The Morgan fingerprint density at radius 2 is 1.94 bits per heavy atom. The number of likely N-dealkylation sites (N-methyl/N-ethyl adjacent to an activating group) is 1. The predicted molar refractivity (Wildman–Crippen MR) is 81.2 cm³/mol. The zero-order valence-electron chi connectivity index (χ0n) is 11.4. The minimum Gasteiger partial charge on any atom is -0.381 e. The zero-order chi connectivity index (χ0) is 13.2. The van der Waals surface area contributed by atoms with Crippen LogP contribution in [0, 0.1) is 0 Å². The van der Waals surface area contributed by atoms with Crippen molar-refractivity contribution in [3.05, 3.63) is 34.3 Å². The van der Waals surface area contributed by atoms with Crippen LogP contribution >= 0.6 is 15.9 Å². The summed E-state index contributed by atoms with van der Waals surface area (Å²) in [5, 5.41) is 3.27. The van der Waals surface area contributed by atoms with Crippen LogP contribution < -0.4 is 5.32 Å². The normalized spacial score (nSPS) is 12.6. The van der Waals surface area contributed by atoms with Crippen molar-refractivity contribution in [2.45, 2.75) is 32.1 Å². The highest BCUT2D eigenvalue weighted by atomic mass is 79.9. The van der Waals surface area contributed by atoms with E-state index in [9.17, 15) is 0 Å². The lowest BCUT2D eigenvalue weighted by atomic mass is 9.96. The van der Waals surface area contributed by atoms with Gasteiger partial charge in [-0.1, -0.05) is 41.4 Å². The van der Waals surface area contributed by atoms with Crippen molar-refractivity contribution in [2.75, 3.05) is 26.8 Å². The smallest absolute Gasteiger partial charge is 0.0472 e. The maximum atomic E-state index is 5.66. The third-order valence-corrected chi connectivity index (χ3v) is 3.57. The van der Waals surface area contributed by atoms with Crippen molar-refractivity contribution in [2.24, 2.45) is 0 Å². The largest absolute Gasteiger partial charge is 0.381 e. The van der Waals surface area contributed by atoms with Gasteiger partial charge in [0.05, 0.1) is 0 Å². The molecule has 1 aromatic carbocycles. The van der Waals surface area contributed by atoms with Gasteiger partial charge < -0.3 is 10.1 Å². The lowest BCUT2D eigenvalue weighted by Gasteiger charge is -2.17. The molecular formula is C15H24BrNO. The third-order valence-electron chi connectivity index (χ3n) is 3.04. The number of unbranched alkanes of at least 4 members (excludes halogenated alkanes) is 1. The predicted octanol–water partition coefficient (Wildman–Crippen LogP) is 3.96. The summed E-state index contributed by atoms with van der Waals surface area (Å²) in [4.78, 5) is 0. The topological polar surface area (TPSA) is 21.3 Å². The van der Waals surface area contributed by atoms with E-state index in [1.54, 1.807) is 0 Å². The Hall–Kier alpha value is -0.380. The van der Waals surface area contributed by atoms with Crippen molar-refractivity contribution >= 4 is 15.9 Å². The molecule has 0 spiro atoms. The van der Waals surface area contributed by atoms with Crippen molar-refractivity contribution in [3.8, 4) is 0 Å². The van der Waals surface area contributed by atoms with Gasteiger partial charge in [0.25, 0.3) is 0 Å². The molecule has 18 heavy (non-hydrogen) atoms. The molecule has 3 heteroatoms. The van der Waals surface area contributed by atoms with E-state index >= 15 is 0 Å². The van der Waals surface area contributed by atoms with E-state index in [1.807, 2.05) is 7.05 Å². The van der Waals surface area contributed by atoms with Gasteiger partial charge in [0, 0.05) is 24.2 Å². The molecule has 0 amide bonds. The van der Waals surface area contributed by atoms with Gasteiger partial charge in [-0.05, 0) is 43.5 Å².